The van der Waals surface area contributed by atoms with E-state index in [1.165, 1.54) is 6.07 Å². The van der Waals surface area contributed by atoms with Crippen LogP contribution in [0.1, 0.15) is 58.6 Å². The summed E-state index contributed by atoms with van der Waals surface area (Å²) >= 11 is 0. The first-order valence-corrected chi connectivity index (χ1v) is 15.8. The number of phenols is 1. The number of piperidine rings is 2. The minimum atomic E-state index is -1.56. The fourth-order valence-electron chi connectivity index (χ4n) is 8.22. The molecule has 6 aliphatic heterocycles. The predicted molar refractivity (Wildman–Crippen MR) is 162 cm³/mol. The number of hydrogen-bond donors (Lipinski definition) is 2. The molecule has 0 aliphatic carbocycles. The van der Waals surface area contributed by atoms with Crippen molar-refractivity contribution in [1.82, 2.24) is 20.2 Å². The normalized spacial score (nSPS) is 30.3. The Hall–Kier alpha value is -3.24. The maximum atomic E-state index is 15.0. The summed E-state index contributed by atoms with van der Waals surface area (Å²) in [7, 11) is 0. The molecule has 228 valence electrons. The third-order valence-electron chi connectivity index (χ3n) is 10.4. The summed E-state index contributed by atoms with van der Waals surface area (Å²) in [5.41, 5.74) is 2.59. The van der Waals surface area contributed by atoms with Gasteiger partial charge in [-0.2, -0.15) is 9.97 Å². The van der Waals surface area contributed by atoms with Crippen LogP contribution in [-0.2, 0) is 19.4 Å². The van der Waals surface area contributed by atoms with E-state index >= 15 is 0 Å². The van der Waals surface area contributed by atoms with Gasteiger partial charge in [0.05, 0.1) is 17.8 Å². The minimum absolute atomic E-state index is 0.0731. The van der Waals surface area contributed by atoms with Gasteiger partial charge in [-0.1, -0.05) is 13.0 Å². The number of nitrogens with one attached hydrogen (secondary N) is 1. The van der Waals surface area contributed by atoms with Gasteiger partial charge in [0.25, 0.3) is 0 Å². The largest absolute Gasteiger partial charge is 0.508 e. The molecular weight excluding hydrogens is 550 g/mol. The van der Waals surface area contributed by atoms with E-state index in [9.17, 15) is 13.9 Å². The molecule has 4 atom stereocenters. The van der Waals surface area contributed by atoms with Gasteiger partial charge in [0.1, 0.15) is 30.2 Å². The lowest BCUT2D eigenvalue weighted by Crippen LogP contribution is -2.61. The molecule has 0 saturated carbocycles. The lowest BCUT2D eigenvalue weighted by Gasteiger charge is -2.47. The van der Waals surface area contributed by atoms with Gasteiger partial charge in [0.15, 0.2) is 0 Å². The highest BCUT2D eigenvalue weighted by atomic mass is 19.1. The van der Waals surface area contributed by atoms with Gasteiger partial charge in [0, 0.05) is 70.1 Å². The number of aromatic hydroxyl groups is 1. The summed E-state index contributed by atoms with van der Waals surface area (Å²) in [4.78, 5) is 16.1. The molecule has 0 amide bonds. The molecule has 2 bridgehead atoms. The zero-order valence-electron chi connectivity index (χ0n) is 26.6. The summed E-state index contributed by atoms with van der Waals surface area (Å²) in [6, 6.07) is 7.53. The molecule has 0 spiro atoms. The molecule has 2 N–H and O–H groups in total. The Labute approximate surface area is 253 Å². The Morgan fingerprint density at radius 1 is 1.23 bits per heavy atom. The molecule has 7 heterocycles. The van der Waals surface area contributed by atoms with Crippen LogP contribution < -0.4 is 19.9 Å². The van der Waals surface area contributed by atoms with Crippen LogP contribution in [-0.4, -0.2) is 83.1 Å². The number of aromatic nitrogens is 2. The van der Waals surface area contributed by atoms with E-state index in [1.807, 2.05) is 6.92 Å². The minimum Gasteiger partial charge on any atom is -0.508 e. The highest BCUT2D eigenvalue weighted by Crippen LogP contribution is 2.42. The number of aryl methyl sites for hydroxylation is 1. The fraction of sp³-hybridized carbons (Fsp3) is 0.576. The third-order valence-corrected chi connectivity index (χ3v) is 10.4. The van der Waals surface area contributed by atoms with E-state index < -0.39 is 18.2 Å². The van der Waals surface area contributed by atoms with Gasteiger partial charge in [-0.3, -0.25) is 4.90 Å². The van der Waals surface area contributed by atoms with Crippen LogP contribution in [0.2, 0.25) is 0 Å². The molecule has 6 aliphatic rings. The van der Waals surface area contributed by atoms with Crippen LogP contribution in [0.3, 0.4) is 0 Å². The summed E-state index contributed by atoms with van der Waals surface area (Å²) in [5.74, 6) is 0.762. The quantitative estimate of drug-likeness (QED) is 0.434. The number of nitrogens with zero attached hydrogens (tertiary/aromatic N) is 5. The smallest absolute Gasteiger partial charge is 0.318 e. The molecule has 1 aromatic heterocycles. The maximum Gasteiger partial charge on any atom is 0.318 e. The number of fused-ring (bicyclic) bond motifs is 6. The lowest BCUT2D eigenvalue weighted by atomic mass is 9.92. The summed E-state index contributed by atoms with van der Waals surface area (Å²) in [6.07, 6.45) is 3.44. The number of halogens is 2. The Balaban J connectivity index is 1.17. The molecule has 0 radical (unpaired) electrons. The van der Waals surface area contributed by atoms with Crippen molar-refractivity contribution in [2.45, 2.75) is 82.2 Å². The second-order valence-corrected chi connectivity index (χ2v) is 12.9. The van der Waals surface area contributed by atoms with Gasteiger partial charge in [-0.05, 0) is 68.1 Å². The van der Waals surface area contributed by atoms with Crippen LogP contribution in [0.4, 0.5) is 20.3 Å². The van der Waals surface area contributed by atoms with E-state index in [1.54, 1.807) is 23.1 Å². The molecule has 5 fully saturated rings. The average molecular weight is 593 g/mol. The lowest BCUT2D eigenvalue weighted by molar-refractivity contribution is 0.107. The number of piperazine rings is 1. The topological polar surface area (TPSA) is 77.0 Å². The number of rotatable bonds is 6. The van der Waals surface area contributed by atoms with Crippen molar-refractivity contribution >= 4 is 22.3 Å². The molecule has 8 nitrogen and oxygen atoms in total. The molecule has 2 unspecified atom stereocenters. The summed E-state index contributed by atoms with van der Waals surface area (Å²) < 4.78 is 52.9. The molecule has 43 heavy (non-hydrogen) atoms. The van der Waals surface area contributed by atoms with Gasteiger partial charge in [0.2, 0.25) is 0 Å². The predicted octanol–water partition coefficient (Wildman–Crippen LogP) is 4.50. The van der Waals surface area contributed by atoms with Crippen LogP contribution in [0.25, 0.3) is 10.8 Å². The first-order valence-electron chi connectivity index (χ1n) is 16.8. The second kappa shape index (κ2) is 10.4. The van der Waals surface area contributed by atoms with Gasteiger partial charge in [-0.15, -0.1) is 0 Å². The van der Waals surface area contributed by atoms with Crippen molar-refractivity contribution in [2.24, 2.45) is 0 Å². The van der Waals surface area contributed by atoms with Gasteiger partial charge < -0.3 is 25.0 Å². The van der Waals surface area contributed by atoms with E-state index in [-0.39, 0.29) is 37.1 Å². The Kier molecular flexibility index (Phi) is 6.10. The monoisotopic (exact) mass is 592 g/mol. The zero-order chi connectivity index (χ0) is 31.1. The van der Waals surface area contributed by atoms with Crippen LogP contribution in [0.15, 0.2) is 24.3 Å². The molecule has 10 heteroatoms. The van der Waals surface area contributed by atoms with Crippen molar-refractivity contribution < 1.29 is 21.4 Å². The molecular formula is C33H40F2N6O2. The Bertz CT molecular complexity index is 1650. The standard InChI is InChI=1S/C33H40F2N6O2/c1-2-25-27(35)7-4-20-12-24(42)13-29(30(20)25)39-11-8-26-28(18-39)37-32(38-31(26)41-17-22-5-6-23(41)15-36-22)43-19-33-9-3-10-40(33)16-21(34)14-33/h4,7,12-13,21-23,36,42H,2-3,5-6,8-11,14-19H2,1H3/t21-,22?,23?,33+/m1/s1/i10D2. The zero-order valence-corrected chi connectivity index (χ0v) is 24.6. The third kappa shape index (κ3) is 4.60. The molecule has 9 rings (SSSR count). The maximum absolute atomic E-state index is 15.0. The number of ether oxygens (including phenoxy) is 1. The summed E-state index contributed by atoms with van der Waals surface area (Å²) in [6.45, 7) is 3.43. The fourth-order valence-corrected chi connectivity index (χ4v) is 8.22. The van der Waals surface area contributed by atoms with Crippen molar-refractivity contribution in [3.8, 4) is 11.8 Å². The van der Waals surface area contributed by atoms with E-state index in [0.717, 1.165) is 59.5 Å². The number of anilines is 2. The summed E-state index contributed by atoms with van der Waals surface area (Å²) in [5, 5.41) is 15.9. The van der Waals surface area contributed by atoms with Crippen molar-refractivity contribution in [2.75, 3.05) is 49.1 Å². The van der Waals surface area contributed by atoms with E-state index in [0.29, 0.717) is 56.4 Å². The highest BCUT2D eigenvalue weighted by Gasteiger charge is 2.49. The van der Waals surface area contributed by atoms with Gasteiger partial charge in [-0.25, -0.2) is 8.78 Å². The molecule has 2 aromatic carbocycles. The number of alkyl halides is 1. The van der Waals surface area contributed by atoms with Crippen molar-refractivity contribution in [3.05, 3.63) is 46.9 Å². The Morgan fingerprint density at radius 2 is 2.14 bits per heavy atom. The SMILES string of the molecule is [2H]C1([2H])CC[C@@]2(COc3nc4c(c(N5CC6CCC5CN6)n3)CCN(c3cc(O)cc5ccc(F)c(CC)c35)C4)C[C@@H](F)CN12. The average Bonchev–Trinajstić information content (AvgIpc) is 3.51. The number of benzene rings is 2. The van der Waals surface area contributed by atoms with E-state index in [2.05, 4.69) is 15.1 Å². The number of phenolic OH excluding ortho intramolecular Hbond substituents is 1. The van der Waals surface area contributed by atoms with Crippen LogP contribution in [0.5, 0.6) is 11.8 Å². The first-order chi connectivity index (χ1) is 21.6. The van der Waals surface area contributed by atoms with Crippen molar-refractivity contribution in [3.63, 3.8) is 0 Å². The first kappa shape index (κ1) is 25.1. The highest BCUT2D eigenvalue weighted by molar-refractivity contribution is 5.98. The molecule has 3 aromatic rings. The van der Waals surface area contributed by atoms with Crippen LogP contribution >= 0.6 is 0 Å². The molecule has 5 saturated heterocycles. The van der Waals surface area contributed by atoms with Crippen LogP contribution in [0, 0.1) is 5.82 Å². The van der Waals surface area contributed by atoms with Gasteiger partial charge >= 0.3 is 6.01 Å². The Morgan fingerprint density at radius 3 is 2.93 bits per heavy atom. The number of hydrogen-bond acceptors (Lipinski definition) is 8. The van der Waals surface area contributed by atoms with Crippen molar-refractivity contribution in [1.29, 1.82) is 0 Å². The second-order valence-electron chi connectivity index (χ2n) is 12.9. The van der Waals surface area contributed by atoms with E-state index in [4.69, 9.17) is 17.4 Å².